The molecule has 2 aromatic rings. The number of nitro benzene ring substituents is 1. The number of hydrogen-bond acceptors (Lipinski definition) is 5. The maximum absolute atomic E-state index is 12.6. The number of methoxy groups -OCH3 is 1. The van der Waals surface area contributed by atoms with Gasteiger partial charge < -0.3 is 15.4 Å². The Morgan fingerprint density at radius 1 is 1.17 bits per heavy atom. The van der Waals surface area contributed by atoms with Gasteiger partial charge in [-0.05, 0) is 50.6 Å². The number of urea groups is 1. The van der Waals surface area contributed by atoms with Crippen molar-refractivity contribution in [1.29, 1.82) is 0 Å². The van der Waals surface area contributed by atoms with Gasteiger partial charge in [0.1, 0.15) is 11.4 Å². The average Bonchev–Trinajstić information content (AvgIpc) is 3.23. The van der Waals surface area contributed by atoms with Crippen molar-refractivity contribution in [2.24, 2.45) is 0 Å². The third-order valence-electron chi connectivity index (χ3n) is 5.16. The smallest absolute Gasteiger partial charge is 0.319 e. The molecule has 8 nitrogen and oxygen atoms in total. The molecule has 2 N–H and O–H groups in total. The second kappa shape index (κ2) is 9.38. The van der Waals surface area contributed by atoms with Gasteiger partial charge in [-0.1, -0.05) is 30.3 Å². The normalized spacial score (nSPS) is 16.1. The van der Waals surface area contributed by atoms with Crippen LogP contribution in [0.2, 0.25) is 0 Å². The monoisotopic (exact) mass is 398 g/mol. The van der Waals surface area contributed by atoms with Crippen LogP contribution < -0.4 is 15.4 Å². The number of rotatable bonds is 7. The van der Waals surface area contributed by atoms with Crippen molar-refractivity contribution in [3.05, 3.63) is 64.2 Å². The van der Waals surface area contributed by atoms with Crippen LogP contribution in [-0.4, -0.2) is 42.1 Å². The largest absolute Gasteiger partial charge is 0.496 e. The maximum atomic E-state index is 12.6. The summed E-state index contributed by atoms with van der Waals surface area (Å²) in [5.41, 5.74) is 1.04. The minimum atomic E-state index is -0.543. The standard InChI is InChI=1S/C21H26N4O4/c1-15(20(24-12-6-7-13-24)16-8-4-3-5-9-16)22-21(26)23-18-11-10-17(29-2)14-19(18)25(27)28/h3-5,8-11,14-15,20H,6-7,12-13H2,1-2H3,(H2,22,23,26)/t15-,20-/m1/s1. The van der Waals surface area contributed by atoms with Crippen LogP contribution in [0.3, 0.4) is 0 Å². The molecule has 1 aliphatic heterocycles. The van der Waals surface area contributed by atoms with Crippen LogP contribution in [0, 0.1) is 10.1 Å². The van der Waals surface area contributed by atoms with E-state index in [-0.39, 0.29) is 23.5 Å². The predicted molar refractivity (Wildman–Crippen MR) is 111 cm³/mol. The number of nitrogens with zero attached hydrogens (tertiary/aromatic N) is 2. The van der Waals surface area contributed by atoms with Crippen LogP contribution in [-0.2, 0) is 0 Å². The minimum Gasteiger partial charge on any atom is -0.496 e. The molecule has 0 unspecified atom stereocenters. The Hall–Kier alpha value is -3.13. The Bertz CT molecular complexity index is 853. The van der Waals surface area contributed by atoms with E-state index in [1.54, 1.807) is 6.07 Å². The first kappa shape index (κ1) is 20.6. The summed E-state index contributed by atoms with van der Waals surface area (Å²) in [5.74, 6) is 0.356. The molecule has 0 spiro atoms. The highest BCUT2D eigenvalue weighted by atomic mass is 16.6. The van der Waals surface area contributed by atoms with Gasteiger partial charge in [0.15, 0.2) is 0 Å². The van der Waals surface area contributed by atoms with Gasteiger partial charge in [-0.3, -0.25) is 15.0 Å². The van der Waals surface area contributed by atoms with Crippen molar-refractivity contribution in [2.75, 3.05) is 25.5 Å². The zero-order valence-electron chi connectivity index (χ0n) is 16.6. The highest BCUT2D eigenvalue weighted by Gasteiger charge is 2.29. The molecule has 1 heterocycles. The third-order valence-corrected chi connectivity index (χ3v) is 5.16. The second-order valence-corrected chi connectivity index (χ2v) is 7.13. The Kier molecular flexibility index (Phi) is 6.66. The summed E-state index contributed by atoms with van der Waals surface area (Å²) in [6.45, 7) is 3.92. The second-order valence-electron chi connectivity index (χ2n) is 7.13. The summed E-state index contributed by atoms with van der Waals surface area (Å²) in [6, 6.07) is 13.8. The highest BCUT2D eigenvalue weighted by molar-refractivity contribution is 5.92. The van der Waals surface area contributed by atoms with E-state index in [0.29, 0.717) is 5.75 Å². The fourth-order valence-corrected chi connectivity index (χ4v) is 3.82. The van der Waals surface area contributed by atoms with Gasteiger partial charge in [-0.25, -0.2) is 4.79 Å². The highest BCUT2D eigenvalue weighted by Crippen LogP contribution is 2.30. The van der Waals surface area contributed by atoms with Gasteiger partial charge >= 0.3 is 6.03 Å². The summed E-state index contributed by atoms with van der Waals surface area (Å²) in [5, 5.41) is 16.9. The van der Waals surface area contributed by atoms with Gasteiger partial charge in [-0.2, -0.15) is 0 Å². The molecular weight excluding hydrogens is 372 g/mol. The van der Waals surface area contributed by atoms with Crippen LogP contribution in [0.25, 0.3) is 0 Å². The van der Waals surface area contributed by atoms with Crippen LogP contribution in [0.5, 0.6) is 5.75 Å². The van der Waals surface area contributed by atoms with E-state index in [0.717, 1.165) is 31.5 Å². The van der Waals surface area contributed by atoms with Gasteiger partial charge in [0.25, 0.3) is 5.69 Å². The topological polar surface area (TPSA) is 96.7 Å². The van der Waals surface area contributed by atoms with E-state index in [9.17, 15) is 14.9 Å². The summed E-state index contributed by atoms with van der Waals surface area (Å²) < 4.78 is 5.03. The van der Waals surface area contributed by atoms with Crippen molar-refractivity contribution in [2.45, 2.75) is 31.8 Å². The maximum Gasteiger partial charge on any atom is 0.319 e. The summed E-state index contributed by atoms with van der Waals surface area (Å²) in [4.78, 5) is 25.8. The molecule has 3 rings (SSSR count). The molecule has 0 bridgehead atoms. The van der Waals surface area contributed by atoms with Crippen molar-refractivity contribution in [3.63, 3.8) is 0 Å². The Morgan fingerprint density at radius 3 is 2.48 bits per heavy atom. The lowest BCUT2D eigenvalue weighted by Gasteiger charge is -2.33. The zero-order chi connectivity index (χ0) is 20.8. The van der Waals surface area contributed by atoms with E-state index in [1.165, 1.54) is 19.2 Å². The number of carbonyl (C=O) groups excluding carboxylic acids is 1. The summed E-state index contributed by atoms with van der Waals surface area (Å²) in [7, 11) is 1.43. The molecule has 8 heteroatoms. The SMILES string of the molecule is COc1ccc(NC(=O)N[C@H](C)[C@H](c2ccccc2)N2CCCC2)c([N+](=O)[O-])c1. The number of amides is 2. The number of nitro groups is 1. The van der Waals surface area contributed by atoms with Gasteiger partial charge in [-0.15, -0.1) is 0 Å². The fourth-order valence-electron chi connectivity index (χ4n) is 3.82. The first-order valence-electron chi connectivity index (χ1n) is 9.68. The number of carbonyl (C=O) groups is 1. The summed E-state index contributed by atoms with van der Waals surface area (Å²) >= 11 is 0. The van der Waals surface area contributed by atoms with Crippen LogP contribution in [0.4, 0.5) is 16.2 Å². The number of ether oxygens (including phenoxy) is 1. The molecule has 1 saturated heterocycles. The first-order chi connectivity index (χ1) is 14.0. The third kappa shape index (κ3) is 5.03. The summed E-state index contributed by atoms with van der Waals surface area (Å²) in [6.07, 6.45) is 2.28. The van der Waals surface area contributed by atoms with E-state index in [2.05, 4.69) is 27.7 Å². The molecule has 154 valence electrons. The molecule has 1 aliphatic rings. The first-order valence-corrected chi connectivity index (χ1v) is 9.68. The lowest BCUT2D eigenvalue weighted by atomic mass is 9.99. The van der Waals surface area contributed by atoms with Crippen LogP contribution in [0.1, 0.15) is 31.4 Å². The van der Waals surface area contributed by atoms with Gasteiger partial charge in [0.2, 0.25) is 0 Å². The number of hydrogen-bond donors (Lipinski definition) is 2. The van der Waals surface area contributed by atoms with E-state index >= 15 is 0 Å². The van der Waals surface area contributed by atoms with Crippen molar-refractivity contribution in [1.82, 2.24) is 10.2 Å². The van der Waals surface area contributed by atoms with Crippen molar-refractivity contribution >= 4 is 17.4 Å². The quantitative estimate of drug-likeness (QED) is 0.544. The Labute approximate surface area is 170 Å². The number of anilines is 1. The lowest BCUT2D eigenvalue weighted by molar-refractivity contribution is -0.384. The lowest BCUT2D eigenvalue weighted by Crippen LogP contribution is -2.45. The Morgan fingerprint density at radius 2 is 1.86 bits per heavy atom. The zero-order valence-corrected chi connectivity index (χ0v) is 16.6. The Balaban J connectivity index is 1.74. The van der Waals surface area contributed by atoms with Crippen LogP contribution in [0.15, 0.2) is 48.5 Å². The molecule has 29 heavy (non-hydrogen) atoms. The van der Waals surface area contributed by atoms with Crippen molar-refractivity contribution < 1.29 is 14.5 Å². The molecule has 0 aliphatic carbocycles. The molecule has 2 amide bonds. The van der Waals surface area contributed by atoms with Gasteiger partial charge in [0, 0.05) is 6.04 Å². The number of nitrogens with one attached hydrogen (secondary N) is 2. The average molecular weight is 398 g/mol. The minimum absolute atomic E-state index is 0.0373. The molecule has 0 saturated carbocycles. The van der Waals surface area contributed by atoms with E-state index < -0.39 is 11.0 Å². The molecular formula is C21H26N4O4. The van der Waals surface area contributed by atoms with Crippen molar-refractivity contribution in [3.8, 4) is 5.75 Å². The predicted octanol–water partition coefficient (Wildman–Crippen LogP) is 3.95. The molecule has 2 atom stereocenters. The van der Waals surface area contributed by atoms with Crippen LogP contribution >= 0.6 is 0 Å². The molecule has 1 fully saturated rings. The van der Waals surface area contributed by atoms with E-state index in [4.69, 9.17) is 4.74 Å². The molecule has 0 aromatic heterocycles. The number of likely N-dealkylation sites (tertiary alicyclic amines) is 1. The molecule has 0 radical (unpaired) electrons. The van der Waals surface area contributed by atoms with E-state index in [1.807, 2.05) is 25.1 Å². The van der Waals surface area contributed by atoms with Gasteiger partial charge in [0.05, 0.1) is 24.1 Å². The fraction of sp³-hybridized carbons (Fsp3) is 0.381. The number of benzene rings is 2. The molecule has 2 aromatic carbocycles.